The molecule has 2 heterocycles. The first kappa shape index (κ1) is 9.54. The molecule has 6 heteroatoms. The molecule has 1 fully saturated rings. The van der Waals surface area contributed by atoms with Gasteiger partial charge in [-0.3, -0.25) is 4.79 Å². The lowest BCUT2D eigenvalue weighted by Gasteiger charge is -2.29. The Kier molecular flexibility index (Phi) is 2.74. The molecule has 14 heavy (non-hydrogen) atoms. The van der Waals surface area contributed by atoms with Gasteiger partial charge in [0.15, 0.2) is 5.69 Å². The van der Waals surface area contributed by atoms with Crippen LogP contribution in [0.5, 0.6) is 0 Å². The maximum Gasteiger partial charge on any atom is 0.275 e. The summed E-state index contributed by atoms with van der Waals surface area (Å²) in [6.45, 7) is 1.11. The van der Waals surface area contributed by atoms with Gasteiger partial charge in [-0.1, -0.05) is 0 Å². The Morgan fingerprint density at radius 1 is 1.71 bits per heavy atom. The summed E-state index contributed by atoms with van der Waals surface area (Å²) < 4.78 is 7.65. The SMILES string of the molecule is O=C(c1cnsn1)N1CCC[C@H](O)C1. The van der Waals surface area contributed by atoms with Crippen LogP contribution in [0.1, 0.15) is 23.3 Å². The molecule has 0 aliphatic carbocycles. The van der Waals surface area contributed by atoms with Crippen molar-refractivity contribution in [3.63, 3.8) is 0 Å². The smallest absolute Gasteiger partial charge is 0.275 e. The molecule has 1 aromatic rings. The summed E-state index contributed by atoms with van der Waals surface area (Å²) in [6.07, 6.45) is 2.71. The largest absolute Gasteiger partial charge is 0.391 e. The maximum absolute atomic E-state index is 11.7. The summed E-state index contributed by atoms with van der Waals surface area (Å²) in [5.74, 6) is -0.127. The van der Waals surface area contributed by atoms with Crippen molar-refractivity contribution in [3.8, 4) is 0 Å². The van der Waals surface area contributed by atoms with Gasteiger partial charge in [0, 0.05) is 13.1 Å². The molecule has 0 saturated carbocycles. The van der Waals surface area contributed by atoms with Crippen molar-refractivity contribution in [1.82, 2.24) is 13.6 Å². The van der Waals surface area contributed by atoms with Gasteiger partial charge >= 0.3 is 0 Å². The molecular weight excluding hydrogens is 202 g/mol. The monoisotopic (exact) mass is 213 g/mol. The van der Waals surface area contributed by atoms with Gasteiger partial charge in [0.2, 0.25) is 0 Å². The quantitative estimate of drug-likeness (QED) is 0.720. The van der Waals surface area contributed by atoms with E-state index in [4.69, 9.17) is 0 Å². The van der Waals surface area contributed by atoms with E-state index in [0.717, 1.165) is 24.6 Å². The molecule has 0 unspecified atom stereocenters. The fourth-order valence-electron chi connectivity index (χ4n) is 1.56. The average molecular weight is 213 g/mol. The number of likely N-dealkylation sites (tertiary alicyclic amines) is 1. The molecular formula is C8H11N3O2S. The van der Waals surface area contributed by atoms with Crippen LogP contribution in [0.15, 0.2) is 6.20 Å². The molecule has 0 spiro atoms. The fourth-order valence-corrected chi connectivity index (χ4v) is 1.97. The number of β-amino-alcohol motifs (C(OH)–C–C–N with tert-alkyl or cyclic N) is 1. The average Bonchev–Trinajstić information content (AvgIpc) is 2.69. The third-order valence-corrected chi connectivity index (χ3v) is 2.74. The number of carbonyl (C=O) groups excluding carboxylic acids is 1. The van der Waals surface area contributed by atoms with Gasteiger partial charge in [-0.05, 0) is 12.8 Å². The second-order valence-electron chi connectivity index (χ2n) is 3.34. The number of hydrogen-bond donors (Lipinski definition) is 1. The summed E-state index contributed by atoms with van der Waals surface area (Å²) in [5.41, 5.74) is 0.379. The highest BCUT2D eigenvalue weighted by molar-refractivity contribution is 6.99. The number of amides is 1. The number of aromatic nitrogens is 2. The number of rotatable bonds is 1. The van der Waals surface area contributed by atoms with E-state index in [1.807, 2.05) is 0 Å². The van der Waals surface area contributed by atoms with Crippen LogP contribution in [0, 0.1) is 0 Å². The van der Waals surface area contributed by atoms with E-state index in [0.29, 0.717) is 18.8 Å². The van der Waals surface area contributed by atoms with Gasteiger partial charge in [0.25, 0.3) is 5.91 Å². The number of piperidine rings is 1. The molecule has 1 saturated heterocycles. The van der Waals surface area contributed by atoms with Crippen LogP contribution in [0.3, 0.4) is 0 Å². The molecule has 1 N–H and O–H groups in total. The molecule has 0 aromatic carbocycles. The number of hydrogen-bond acceptors (Lipinski definition) is 5. The van der Waals surface area contributed by atoms with E-state index in [1.165, 1.54) is 6.20 Å². The topological polar surface area (TPSA) is 66.3 Å². The molecule has 0 radical (unpaired) electrons. The zero-order chi connectivity index (χ0) is 9.97. The Balaban J connectivity index is 2.04. The minimum absolute atomic E-state index is 0.127. The van der Waals surface area contributed by atoms with Crippen LogP contribution in [0.25, 0.3) is 0 Å². The third-order valence-electron chi connectivity index (χ3n) is 2.26. The van der Waals surface area contributed by atoms with Crippen LogP contribution in [-0.2, 0) is 0 Å². The van der Waals surface area contributed by atoms with Crippen LogP contribution >= 0.6 is 11.7 Å². The van der Waals surface area contributed by atoms with Gasteiger partial charge in [-0.25, -0.2) is 0 Å². The molecule has 1 amide bonds. The van der Waals surface area contributed by atoms with Gasteiger partial charge in [0.1, 0.15) is 0 Å². The van der Waals surface area contributed by atoms with E-state index < -0.39 is 0 Å². The summed E-state index contributed by atoms with van der Waals surface area (Å²) in [6, 6.07) is 0. The zero-order valence-corrected chi connectivity index (χ0v) is 8.40. The molecule has 2 rings (SSSR count). The second-order valence-corrected chi connectivity index (χ2v) is 3.90. The maximum atomic E-state index is 11.7. The first-order valence-electron chi connectivity index (χ1n) is 4.52. The van der Waals surface area contributed by atoms with Crippen LogP contribution < -0.4 is 0 Å². The molecule has 1 aromatic heterocycles. The first-order valence-corrected chi connectivity index (χ1v) is 5.25. The van der Waals surface area contributed by atoms with E-state index >= 15 is 0 Å². The Morgan fingerprint density at radius 2 is 2.57 bits per heavy atom. The van der Waals surface area contributed by atoms with Crippen molar-refractivity contribution in [1.29, 1.82) is 0 Å². The summed E-state index contributed by atoms with van der Waals surface area (Å²) >= 11 is 1.02. The predicted octanol–water partition coefficient (Wildman–Crippen LogP) is 0.135. The van der Waals surface area contributed by atoms with Gasteiger partial charge in [0.05, 0.1) is 24.0 Å². The molecule has 5 nitrogen and oxygen atoms in total. The summed E-state index contributed by atoms with van der Waals surface area (Å²) in [5, 5.41) is 9.40. The third kappa shape index (κ3) is 1.91. The minimum Gasteiger partial charge on any atom is -0.391 e. The molecule has 1 aliphatic rings. The highest BCUT2D eigenvalue weighted by atomic mass is 32.1. The molecule has 0 bridgehead atoms. The lowest BCUT2D eigenvalue weighted by atomic mass is 10.1. The van der Waals surface area contributed by atoms with Crippen LogP contribution in [-0.4, -0.2) is 43.9 Å². The highest BCUT2D eigenvalue weighted by Crippen LogP contribution is 2.12. The number of aliphatic hydroxyl groups excluding tert-OH is 1. The molecule has 1 aliphatic heterocycles. The van der Waals surface area contributed by atoms with Crippen molar-refractivity contribution in [3.05, 3.63) is 11.9 Å². The summed E-state index contributed by atoms with van der Waals surface area (Å²) in [7, 11) is 0. The number of nitrogens with zero attached hydrogens (tertiary/aromatic N) is 3. The second kappa shape index (κ2) is 4.02. The normalized spacial score (nSPS) is 22.4. The van der Waals surface area contributed by atoms with Crippen molar-refractivity contribution < 1.29 is 9.90 Å². The van der Waals surface area contributed by atoms with Crippen molar-refractivity contribution >= 4 is 17.6 Å². The van der Waals surface area contributed by atoms with Crippen LogP contribution in [0.2, 0.25) is 0 Å². The van der Waals surface area contributed by atoms with Gasteiger partial charge in [-0.15, -0.1) is 0 Å². The lowest BCUT2D eigenvalue weighted by molar-refractivity contribution is 0.0470. The summed E-state index contributed by atoms with van der Waals surface area (Å²) in [4.78, 5) is 13.4. The van der Waals surface area contributed by atoms with E-state index in [2.05, 4.69) is 8.75 Å². The Labute approximate surface area is 85.7 Å². The zero-order valence-electron chi connectivity index (χ0n) is 7.59. The van der Waals surface area contributed by atoms with Crippen LogP contribution in [0.4, 0.5) is 0 Å². The first-order chi connectivity index (χ1) is 6.77. The van der Waals surface area contributed by atoms with E-state index in [9.17, 15) is 9.90 Å². The van der Waals surface area contributed by atoms with Gasteiger partial charge in [-0.2, -0.15) is 8.75 Å². The Hall–Kier alpha value is -1.01. The Morgan fingerprint density at radius 3 is 3.21 bits per heavy atom. The van der Waals surface area contributed by atoms with E-state index in [1.54, 1.807) is 4.90 Å². The van der Waals surface area contributed by atoms with Crippen molar-refractivity contribution in [2.24, 2.45) is 0 Å². The Bertz CT molecular complexity index is 314. The lowest BCUT2D eigenvalue weighted by Crippen LogP contribution is -2.42. The number of carbonyl (C=O) groups is 1. The van der Waals surface area contributed by atoms with Crippen molar-refractivity contribution in [2.45, 2.75) is 18.9 Å². The minimum atomic E-state index is -0.390. The standard InChI is InChI=1S/C8H11N3O2S/c12-6-2-1-3-11(5-6)8(13)7-4-9-14-10-7/h4,6,12H,1-3,5H2/t6-/m0/s1. The fraction of sp³-hybridized carbons (Fsp3) is 0.625. The molecule has 1 atom stereocenters. The number of aliphatic hydroxyl groups is 1. The van der Waals surface area contributed by atoms with Crippen molar-refractivity contribution in [2.75, 3.05) is 13.1 Å². The highest BCUT2D eigenvalue weighted by Gasteiger charge is 2.24. The predicted molar refractivity (Wildman–Crippen MR) is 51.1 cm³/mol. The van der Waals surface area contributed by atoms with E-state index in [-0.39, 0.29) is 12.0 Å². The molecule has 76 valence electrons. The van der Waals surface area contributed by atoms with Gasteiger partial charge < -0.3 is 10.0 Å².